The second-order valence-corrected chi connectivity index (χ2v) is 10.8. The molecule has 6 nitrogen and oxygen atoms in total. The number of anilines is 2. The second-order valence-electron chi connectivity index (χ2n) is 8.99. The molecule has 2 saturated carbocycles. The van der Waals surface area contributed by atoms with E-state index in [-0.39, 0.29) is 12.1 Å². The van der Waals surface area contributed by atoms with Gasteiger partial charge in [0.15, 0.2) is 0 Å². The van der Waals surface area contributed by atoms with Crippen LogP contribution in [0.4, 0.5) is 11.8 Å². The molecule has 2 aliphatic heterocycles. The summed E-state index contributed by atoms with van der Waals surface area (Å²) in [4.78, 5) is 12.2. The van der Waals surface area contributed by atoms with Gasteiger partial charge in [-0.25, -0.2) is 4.98 Å². The van der Waals surface area contributed by atoms with Crippen molar-refractivity contribution in [2.45, 2.75) is 42.0 Å². The lowest BCUT2D eigenvalue weighted by Crippen LogP contribution is -2.54. The van der Waals surface area contributed by atoms with Gasteiger partial charge in [-0.1, -0.05) is 23.7 Å². The molecule has 3 heterocycles. The second kappa shape index (κ2) is 7.77. The molecule has 8 heteroatoms. The largest absolute Gasteiger partial charge is 0.394 e. The SMILES string of the molecule is C[S@@](=O)c1cnc(N2CC3CC(C2)C3c2ccc(Cl)cc2)nc1NC1(CO)CCC1. The molecule has 0 spiro atoms. The first-order valence-corrected chi connectivity index (χ1v) is 12.5. The molecule has 4 aliphatic rings. The Morgan fingerprint density at radius 2 is 1.97 bits per heavy atom. The van der Waals surface area contributed by atoms with Gasteiger partial charge in [-0.2, -0.15) is 4.98 Å². The van der Waals surface area contributed by atoms with Crippen LogP contribution in [0.1, 0.15) is 37.2 Å². The van der Waals surface area contributed by atoms with Crippen LogP contribution in [0, 0.1) is 11.8 Å². The van der Waals surface area contributed by atoms with Crippen LogP contribution in [0.5, 0.6) is 0 Å². The van der Waals surface area contributed by atoms with Gasteiger partial charge in [0.25, 0.3) is 0 Å². The van der Waals surface area contributed by atoms with E-state index in [1.54, 1.807) is 12.5 Å². The number of benzene rings is 1. The van der Waals surface area contributed by atoms with Gasteiger partial charge < -0.3 is 15.3 Å². The summed E-state index contributed by atoms with van der Waals surface area (Å²) >= 11 is 6.05. The predicted octanol–water partition coefficient (Wildman–Crippen LogP) is 3.43. The average molecular weight is 447 g/mol. The molecular formula is C22H27ClN4O2S. The summed E-state index contributed by atoms with van der Waals surface area (Å²) in [5, 5.41) is 14.0. The van der Waals surface area contributed by atoms with Crippen LogP contribution in [-0.2, 0) is 10.8 Å². The summed E-state index contributed by atoms with van der Waals surface area (Å²) in [6, 6.07) is 8.26. The topological polar surface area (TPSA) is 78.4 Å². The average Bonchev–Trinajstić information content (AvgIpc) is 2.72. The van der Waals surface area contributed by atoms with Gasteiger partial charge in [-0.15, -0.1) is 0 Å². The maximum atomic E-state index is 12.2. The minimum Gasteiger partial charge on any atom is -0.394 e. The van der Waals surface area contributed by atoms with Gasteiger partial charge in [0.05, 0.1) is 34.0 Å². The van der Waals surface area contributed by atoms with E-state index in [0.717, 1.165) is 37.4 Å². The Labute approximate surface area is 184 Å². The maximum Gasteiger partial charge on any atom is 0.227 e. The summed E-state index contributed by atoms with van der Waals surface area (Å²) in [5.74, 6) is 3.03. The molecule has 2 N–H and O–H groups in total. The fourth-order valence-corrected chi connectivity index (χ4v) is 5.97. The van der Waals surface area contributed by atoms with E-state index in [4.69, 9.17) is 16.6 Å². The van der Waals surface area contributed by atoms with E-state index in [0.29, 0.717) is 34.4 Å². The van der Waals surface area contributed by atoms with E-state index < -0.39 is 10.8 Å². The normalized spacial score (nSPS) is 27.7. The zero-order chi connectivity index (χ0) is 20.9. The van der Waals surface area contributed by atoms with E-state index in [1.165, 1.54) is 12.0 Å². The number of hydrogen-bond acceptors (Lipinski definition) is 6. The minimum absolute atomic E-state index is 0.0543. The number of fused-ring (bicyclic) bond motifs is 2. The highest BCUT2D eigenvalue weighted by molar-refractivity contribution is 7.84. The number of piperidine rings is 2. The Morgan fingerprint density at radius 3 is 2.53 bits per heavy atom. The van der Waals surface area contributed by atoms with Gasteiger partial charge in [0.2, 0.25) is 5.95 Å². The Balaban J connectivity index is 1.36. The quantitative estimate of drug-likeness (QED) is 0.707. The molecule has 160 valence electrons. The first-order valence-electron chi connectivity index (χ1n) is 10.6. The van der Waals surface area contributed by atoms with Gasteiger partial charge in [0.1, 0.15) is 5.82 Å². The number of hydrogen-bond donors (Lipinski definition) is 2. The zero-order valence-corrected chi connectivity index (χ0v) is 18.6. The number of halogens is 1. The van der Waals surface area contributed by atoms with Gasteiger partial charge in [-0.3, -0.25) is 4.21 Å². The first kappa shape index (κ1) is 20.2. The van der Waals surface area contributed by atoms with E-state index in [1.807, 2.05) is 12.1 Å². The number of nitrogens with one attached hydrogen (secondary N) is 1. The summed E-state index contributed by atoms with van der Waals surface area (Å²) < 4.78 is 12.2. The van der Waals surface area contributed by atoms with Crippen LogP contribution < -0.4 is 10.2 Å². The van der Waals surface area contributed by atoms with Crippen molar-refractivity contribution in [1.82, 2.24) is 9.97 Å². The highest BCUT2D eigenvalue weighted by atomic mass is 35.5. The van der Waals surface area contributed by atoms with Crippen LogP contribution in [0.2, 0.25) is 5.02 Å². The van der Waals surface area contributed by atoms with E-state index in [9.17, 15) is 9.32 Å². The van der Waals surface area contributed by atoms with Crippen molar-refractivity contribution in [2.75, 3.05) is 36.2 Å². The number of rotatable bonds is 6. The molecule has 2 unspecified atom stereocenters. The molecule has 2 aliphatic carbocycles. The highest BCUT2D eigenvalue weighted by Crippen LogP contribution is 2.52. The van der Waals surface area contributed by atoms with Crippen molar-refractivity contribution in [3.8, 4) is 0 Å². The molecule has 4 fully saturated rings. The third-order valence-electron chi connectivity index (χ3n) is 7.12. The van der Waals surface area contributed by atoms with Crippen molar-refractivity contribution in [3.63, 3.8) is 0 Å². The maximum absolute atomic E-state index is 12.2. The molecule has 1 aromatic heterocycles. The highest BCUT2D eigenvalue weighted by Gasteiger charge is 2.48. The lowest BCUT2D eigenvalue weighted by Gasteiger charge is -2.54. The summed E-state index contributed by atoms with van der Waals surface area (Å²) in [6.07, 6.45) is 7.44. The van der Waals surface area contributed by atoms with Crippen molar-refractivity contribution in [3.05, 3.63) is 41.0 Å². The van der Waals surface area contributed by atoms with E-state index >= 15 is 0 Å². The molecule has 2 aromatic rings. The van der Waals surface area contributed by atoms with Crippen LogP contribution in [0.15, 0.2) is 35.4 Å². The Bertz CT molecular complexity index is 949. The van der Waals surface area contributed by atoms with Crippen LogP contribution in [0.3, 0.4) is 0 Å². The number of nitrogens with zero attached hydrogens (tertiary/aromatic N) is 3. The molecule has 0 amide bonds. The monoisotopic (exact) mass is 446 g/mol. The molecule has 2 bridgehead atoms. The van der Waals surface area contributed by atoms with Crippen LogP contribution in [-0.4, -0.2) is 50.8 Å². The number of aliphatic hydroxyl groups excluding tert-OH is 1. The zero-order valence-electron chi connectivity index (χ0n) is 17.1. The molecule has 2 saturated heterocycles. The lowest BCUT2D eigenvalue weighted by atomic mass is 9.59. The lowest BCUT2D eigenvalue weighted by molar-refractivity contribution is 0.110. The Hall–Kier alpha value is -1.70. The fourth-order valence-electron chi connectivity index (χ4n) is 5.27. The van der Waals surface area contributed by atoms with Gasteiger partial charge >= 0.3 is 0 Å². The third kappa shape index (κ3) is 3.51. The van der Waals surface area contributed by atoms with Crippen LogP contribution in [0.25, 0.3) is 0 Å². The minimum atomic E-state index is -1.20. The molecule has 3 atom stereocenters. The number of aromatic nitrogens is 2. The molecule has 1 aromatic carbocycles. The summed E-state index contributed by atoms with van der Waals surface area (Å²) in [6.45, 7) is 1.89. The molecular weight excluding hydrogens is 420 g/mol. The third-order valence-corrected chi connectivity index (χ3v) is 8.29. The Morgan fingerprint density at radius 1 is 1.27 bits per heavy atom. The van der Waals surface area contributed by atoms with Crippen molar-refractivity contribution >= 4 is 34.2 Å². The summed E-state index contributed by atoms with van der Waals surface area (Å²) in [5.41, 5.74) is 1.03. The van der Waals surface area contributed by atoms with Crippen LogP contribution >= 0.6 is 11.6 Å². The van der Waals surface area contributed by atoms with E-state index in [2.05, 4.69) is 27.3 Å². The first-order chi connectivity index (χ1) is 14.5. The summed E-state index contributed by atoms with van der Waals surface area (Å²) in [7, 11) is -1.20. The molecule has 0 radical (unpaired) electrons. The fraction of sp³-hybridized carbons (Fsp3) is 0.545. The predicted molar refractivity (Wildman–Crippen MR) is 120 cm³/mol. The van der Waals surface area contributed by atoms with Crippen molar-refractivity contribution < 1.29 is 9.32 Å². The van der Waals surface area contributed by atoms with Gasteiger partial charge in [-0.05, 0) is 61.1 Å². The molecule has 30 heavy (non-hydrogen) atoms. The number of aliphatic hydroxyl groups is 1. The van der Waals surface area contributed by atoms with Gasteiger partial charge in [0, 0.05) is 24.4 Å². The van der Waals surface area contributed by atoms with Crippen molar-refractivity contribution in [1.29, 1.82) is 0 Å². The standard InChI is InChI=1S/C22H27ClN4O2S/c1-30(29)18-10-24-21(25-20(18)26-22(13-28)7-2-8-22)27-11-15-9-16(12-27)19(15)14-3-5-17(23)6-4-14/h3-6,10,15-16,19,28H,2,7-9,11-13H2,1H3,(H,24,25,26)/t15?,16?,19?,30-/m1/s1. The molecule has 6 rings (SSSR count). The Kier molecular flexibility index (Phi) is 5.24. The smallest absolute Gasteiger partial charge is 0.227 e. The van der Waals surface area contributed by atoms with Crippen molar-refractivity contribution in [2.24, 2.45) is 11.8 Å².